The van der Waals surface area contributed by atoms with E-state index in [4.69, 9.17) is 19.7 Å². The number of anilines is 1. The second kappa shape index (κ2) is 8.96. The summed E-state index contributed by atoms with van der Waals surface area (Å²) in [6.45, 7) is 8.15. The smallest absolute Gasteiger partial charge is 0.238 e. The van der Waals surface area contributed by atoms with Gasteiger partial charge in [-0.05, 0) is 42.7 Å². The summed E-state index contributed by atoms with van der Waals surface area (Å²) in [6, 6.07) is 19.3. The molecule has 7 rings (SSSR count). The molecule has 0 radical (unpaired) electrons. The highest BCUT2D eigenvalue weighted by Gasteiger charge is 2.23. The highest BCUT2D eigenvalue weighted by Crippen LogP contribution is 2.35. The first-order valence-electron chi connectivity index (χ1n) is 12.6. The van der Waals surface area contributed by atoms with E-state index in [9.17, 15) is 0 Å². The molecule has 5 heterocycles. The molecule has 182 valence electrons. The molecule has 5 aromatic rings. The van der Waals surface area contributed by atoms with E-state index < -0.39 is 0 Å². The number of ether oxygens (including phenoxy) is 1. The summed E-state index contributed by atoms with van der Waals surface area (Å²) >= 11 is 1.83. The molecular formula is C28H28N6OS. The Morgan fingerprint density at radius 3 is 2.58 bits per heavy atom. The van der Waals surface area contributed by atoms with Crippen molar-refractivity contribution in [2.75, 3.05) is 37.7 Å². The van der Waals surface area contributed by atoms with Crippen LogP contribution in [0.2, 0.25) is 0 Å². The van der Waals surface area contributed by atoms with E-state index in [0.29, 0.717) is 5.95 Å². The molecular weight excluding hydrogens is 468 g/mol. The van der Waals surface area contributed by atoms with Crippen LogP contribution < -0.4 is 4.90 Å². The quantitative estimate of drug-likeness (QED) is 0.358. The number of aryl methyl sites for hydroxylation is 1. The molecule has 0 amide bonds. The van der Waals surface area contributed by atoms with Gasteiger partial charge >= 0.3 is 0 Å². The zero-order valence-corrected chi connectivity index (χ0v) is 21.2. The lowest BCUT2D eigenvalue weighted by molar-refractivity contribution is 0.122. The number of benzene rings is 2. The Morgan fingerprint density at radius 1 is 0.889 bits per heavy atom. The van der Waals surface area contributed by atoms with Crippen molar-refractivity contribution >= 4 is 38.4 Å². The fourth-order valence-electron chi connectivity index (χ4n) is 5.43. The van der Waals surface area contributed by atoms with E-state index in [2.05, 4.69) is 50.8 Å². The standard InChI is InChI=1S/C28H28N6OS/c1-19-29-23-8-4-5-9-25(23)34(19)28-30-24-16-22(18-32-11-10-20-6-2-3-7-21(20)17-32)36-26(24)27(31-28)33-12-14-35-15-13-33/h2-9,16H,10-15,17-18H2,1H3. The molecule has 0 atom stereocenters. The molecule has 3 aromatic heterocycles. The molecule has 1 fully saturated rings. The summed E-state index contributed by atoms with van der Waals surface area (Å²) in [4.78, 5) is 21.2. The van der Waals surface area contributed by atoms with Gasteiger partial charge in [-0.3, -0.25) is 9.47 Å². The molecule has 2 aromatic carbocycles. The van der Waals surface area contributed by atoms with Crippen LogP contribution in [-0.2, 0) is 24.2 Å². The van der Waals surface area contributed by atoms with Gasteiger partial charge in [-0.1, -0.05) is 36.4 Å². The third kappa shape index (κ3) is 3.86. The molecule has 0 bridgehead atoms. The molecule has 0 spiro atoms. The van der Waals surface area contributed by atoms with Crippen LogP contribution in [0.4, 0.5) is 5.82 Å². The summed E-state index contributed by atoms with van der Waals surface area (Å²) < 4.78 is 8.89. The van der Waals surface area contributed by atoms with Gasteiger partial charge in [0.15, 0.2) is 5.82 Å². The lowest BCUT2D eigenvalue weighted by atomic mass is 10.00. The minimum atomic E-state index is 0.687. The Hall–Kier alpha value is -3.33. The van der Waals surface area contributed by atoms with E-state index >= 15 is 0 Å². The molecule has 0 saturated carbocycles. The van der Waals surface area contributed by atoms with E-state index in [1.54, 1.807) is 0 Å². The molecule has 0 N–H and O–H groups in total. The molecule has 36 heavy (non-hydrogen) atoms. The van der Waals surface area contributed by atoms with Crippen LogP contribution in [0.3, 0.4) is 0 Å². The van der Waals surface area contributed by atoms with Crippen LogP contribution in [0.15, 0.2) is 54.6 Å². The summed E-state index contributed by atoms with van der Waals surface area (Å²) in [5, 5.41) is 0. The number of nitrogens with zero attached hydrogens (tertiary/aromatic N) is 6. The molecule has 2 aliphatic rings. The number of morpholine rings is 1. The molecule has 0 aliphatic carbocycles. The monoisotopic (exact) mass is 496 g/mol. The summed E-state index contributed by atoms with van der Waals surface area (Å²) in [7, 11) is 0. The number of hydrogen-bond acceptors (Lipinski definition) is 7. The zero-order valence-electron chi connectivity index (χ0n) is 20.4. The predicted octanol–water partition coefficient (Wildman–Crippen LogP) is 4.73. The van der Waals surface area contributed by atoms with Gasteiger partial charge in [0.05, 0.1) is 34.5 Å². The maximum atomic E-state index is 5.64. The van der Waals surface area contributed by atoms with Crippen molar-refractivity contribution in [3.63, 3.8) is 0 Å². The lowest BCUT2D eigenvalue weighted by Gasteiger charge is -2.28. The summed E-state index contributed by atoms with van der Waals surface area (Å²) in [5.74, 6) is 2.59. The fraction of sp³-hybridized carbons (Fsp3) is 0.321. The first-order valence-corrected chi connectivity index (χ1v) is 13.4. The Labute approximate surface area is 214 Å². The largest absolute Gasteiger partial charge is 0.378 e. The van der Waals surface area contributed by atoms with Crippen molar-refractivity contribution in [3.8, 4) is 5.95 Å². The van der Waals surface area contributed by atoms with Crippen LogP contribution in [0.1, 0.15) is 21.8 Å². The molecule has 7 nitrogen and oxygen atoms in total. The van der Waals surface area contributed by atoms with Gasteiger partial charge in [-0.2, -0.15) is 4.98 Å². The van der Waals surface area contributed by atoms with Crippen molar-refractivity contribution in [3.05, 3.63) is 76.4 Å². The maximum Gasteiger partial charge on any atom is 0.238 e. The van der Waals surface area contributed by atoms with Gasteiger partial charge in [-0.15, -0.1) is 11.3 Å². The topological polar surface area (TPSA) is 59.3 Å². The molecule has 1 saturated heterocycles. The third-order valence-corrected chi connectivity index (χ3v) is 8.33. The average Bonchev–Trinajstić information content (AvgIpc) is 3.47. The third-order valence-electron chi connectivity index (χ3n) is 7.22. The average molecular weight is 497 g/mol. The Bertz CT molecular complexity index is 1570. The predicted molar refractivity (Wildman–Crippen MR) is 144 cm³/mol. The van der Waals surface area contributed by atoms with Crippen molar-refractivity contribution in [1.29, 1.82) is 0 Å². The zero-order chi connectivity index (χ0) is 24.1. The highest BCUT2D eigenvalue weighted by molar-refractivity contribution is 7.19. The second-order valence-electron chi connectivity index (χ2n) is 9.59. The van der Waals surface area contributed by atoms with Crippen LogP contribution in [-0.4, -0.2) is 57.3 Å². The van der Waals surface area contributed by atoms with E-state index in [1.807, 2.05) is 36.5 Å². The minimum absolute atomic E-state index is 0.687. The molecule has 0 unspecified atom stereocenters. The van der Waals surface area contributed by atoms with Gasteiger partial charge in [0.2, 0.25) is 5.95 Å². The number of para-hydroxylation sites is 2. The van der Waals surface area contributed by atoms with Crippen LogP contribution >= 0.6 is 11.3 Å². The summed E-state index contributed by atoms with van der Waals surface area (Å²) in [5.41, 5.74) is 5.94. The first kappa shape index (κ1) is 21.9. The van der Waals surface area contributed by atoms with E-state index in [1.165, 1.54) is 16.0 Å². The maximum absolute atomic E-state index is 5.64. The van der Waals surface area contributed by atoms with Gasteiger partial charge in [0.1, 0.15) is 5.82 Å². The number of imidazole rings is 1. The van der Waals surface area contributed by atoms with Gasteiger partial charge in [0.25, 0.3) is 0 Å². The molecule has 8 heteroatoms. The van der Waals surface area contributed by atoms with Crippen LogP contribution in [0.25, 0.3) is 27.2 Å². The number of fused-ring (bicyclic) bond motifs is 3. The first-order chi connectivity index (χ1) is 17.7. The summed E-state index contributed by atoms with van der Waals surface area (Å²) in [6.07, 6.45) is 1.11. The van der Waals surface area contributed by atoms with Gasteiger partial charge in [0, 0.05) is 37.6 Å². The van der Waals surface area contributed by atoms with E-state index in [-0.39, 0.29) is 0 Å². The number of aromatic nitrogens is 4. The number of rotatable bonds is 4. The SMILES string of the molecule is Cc1nc2ccccc2n1-c1nc(N2CCOCC2)c2sc(CN3CCc4ccccc4C3)cc2n1. The van der Waals surface area contributed by atoms with Crippen LogP contribution in [0, 0.1) is 6.92 Å². The number of hydrogen-bond donors (Lipinski definition) is 0. The van der Waals surface area contributed by atoms with Gasteiger partial charge < -0.3 is 9.64 Å². The van der Waals surface area contributed by atoms with Gasteiger partial charge in [-0.25, -0.2) is 9.97 Å². The lowest BCUT2D eigenvalue weighted by Crippen LogP contribution is -2.37. The normalized spacial score (nSPS) is 16.6. The Balaban J connectivity index is 1.30. The van der Waals surface area contributed by atoms with Crippen molar-refractivity contribution in [1.82, 2.24) is 24.4 Å². The Kier molecular flexibility index (Phi) is 5.45. The molecule has 2 aliphatic heterocycles. The minimum Gasteiger partial charge on any atom is -0.378 e. The van der Waals surface area contributed by atoms with Crippen molar-refractivity contribution < 1.29 is 4.74 Å². The Morgan fingerprint density at radius 2 is 1.69 bits per heavy atom. The second-order valence-corrected chi connectivity index (χ2v) is 10.7. The fourth-order valence-corrected chi connectivity index (χ4v) is 6.58. The van der Waals surface area contributed by atoms with E-state index in [0.717, 1.165) is 85.3 Å². The van der Waals surface area contributed by atoms with Crippen molar-refractivity contribution in [2.45, 2.75) is 26.4 Å². The number of thiophene rings is 1. The highest BCUT2D eigenvalue weighted by atomic mass is 32.1. The van der Waals surface area contributed by atoms with Crippen molar-refractivity contribution in [2.24, 2.45) is 0 Å². The van der Waals surface area contributed by atoms with Crippen LogP contribution in [0.5, 0.6) is 0 Å².